The Bertz CT molecular complexity index is 1230. The summed E-state index contributed by atoms with van der Waals surface area (Å²) in [5.74, 6) is -1.70. The van der Waals surface area contributed by atoms with E-state index in [1.807, 2.05) is 0 Å². The van der Waals surface area contributed by atoms with Gasteiger partial charge in [-0.2, -0.15) is 0 Å². The van der Waals surface area contributed by atoms with Gasteiger partial charge in [0.15, 0.2) is 5.78 Å². The summed E-state index contributed by atoms with van der Waals surface area (Å²) >= 11 is 12.4. The van der Waals surface area contributed by atoms with Gasteiger partial charge in [-0.05, 0) is 55.7 Å². The molecule has 0 bridgehead atoms. The number of likely N-dealkylation sites (tertiary alicyclic amines) is 1. The molecular formula is C25H28Cl2N4O5. The molecule has 1 saturated carbocycles. The van der Waals surface area contributed by atoms with Crippen LogP contribution in [0.4, 0.5) is 0 Å². The van der Waals surface area contributed by atoms with Gasteiger partial charge >= 0.3 is 0 Å². The fraction of sp³-hybridized carbons (Fsp3) is 0.520. The molecule has 3 heterocycles. The molecule has 192 valence electrons. The van der Waals surface area contributed by atoms with Crippen LogP contribution >= 0.6 is 23.2 Å². The Morgan fingerprint density at radius 2 is 1.97 bits per heavy atom. The molecule has 36 heavy (non-hydrogen) atoms. The molecule has 5 rings (SSSR count). The van der Waals surface area contributed by atoms with Crippen molar-refractivity contribution in [3.63, 3.8) is 0 Å². The maximum Gasteiger partial charge on any atom is 0.271 e. The summed E-state index contributed by atoms with van der Waals surface area (Å²) in [5.41, 5.74) is 0.928. The highest BCUT2D eigenvalue weighted by Gasteiger charge is 2.50. The Kier molecular flexibility index (Phi) is 6.98. The smallest absolute Gasteiger partial charge is 0.271 e. The fourth-order valence-electron chi connectivity index (χ4n) is 6.07. The quantitative estimate of drug-likeness (QED) is 0.432. The summed E-state index contributed by atoms with van der Waals surface area (Å²) in [6.45, 7) is 0.220. The number of fused-ring (bicyclic) bond motifs is 2. The minimum Gasteiger partial charge on any atom is -0.389 e. The van der Waals surface area contributed by atoms with Crippen molar-refractivity contribution in [2.45, 2.75) is 44.2 Å². The SMILES string of the molecule is O=C(CO)C(C[C@@H]1CCNC1=O)NC(=O)[C@@H]1[C@H]2CCC[C@H]2CN1C(=O)c1cc2c(Cl)cc(Cl)cc2[nH]1. The number of ketones is 1. The van der Waals surface area contributed by atoms with Crippen LogP contribution < -0.4 is 10.6 Å². The van der Waals surface area contributed by atoms with E-state index in [0.29, 0.717) is 46.2 Å². The number of hydrogen-bond donors (Lipinski definition) is 4. The number of H-pyrrole nitrogens is 1. The second-order valence-corrected chi connectivity index (χ2v) is 10.8. The van der Waals surface area contributed by atoms with E-state index in [4.69, 9.17) is 23.2 Å². The summed E-state index contributed by atoms with van der Waals surface area (Å²) in [4.78, 5) is 56.4. The Hall–Kier alpha value is -2.62. The second-order valence-electron chi connectivity index (χ2n) is 9.99. The molecule has 1 unspecified atom stereocenters. The van der Waals surface area contributed by atoms with Crippen molar-refractivity contribution in [2.75, 3.05) is 19.7 Å². The molecular weight excluding hydrogens is 507 g/mol. The number of rotatable bonds is 7. The zero-order chi connectivity index (χ0) is 25.6. The average Bonchev–Trinajstić information content (AvgIpc) is 3.61. The maximum atomic E-state index is 13.6. The van der Waals surface area contributed by atoms with Gasteiger partial charge in [-0.1, -0.05) is 29.6 Å². The molecule has 11 heteroatoms. The normalized spacial score (nSPS) is 26.2. The monoisotopic (exact) mass is 534 g/mol. The van der Waals surface area contributed by atoms with Crippen molar-refractivity contribution in [3.05, 3.63) is 33.9 Å². The number of nitrogens with zero attached hydrogens (tertiary/aromatic N) is 1. The number of carbonyl (C=O) groups is 4. The summed E-state index contributed by atoms with van der Waals surface area (Å²) in [7, 11) is 0. The van der Waals surface area contributed by atoms with Gasteiger partial charge in [-0.3, -0.25) is 19.2 Å². The predicted molar refractivity (Wildman–Crippen MR) is 134 cm³/mol. The Labute approximate surface area is 217 Å². The fourth-order valence-corrected chi connectivity index (χ4v) is 6.62. The van der Waals surface area contributed by atoms with Gasteiger partial charge in [-0.25, -0.2) is 0 Å². The first-order valence-corrected chi connectivity index (χ1v) is 13.0. The lowest BCUT2D eigenvalue weighted by atomic mass is 9.92. The average molecular weight is 535 g/mol. The Morgan fingerprint density at radius 1 is 1.17 bits per heavy atom. The third-order valence-electron chi connectivity index (χ3n) is 7.85. The van der Waals surface area contributed by atoms with Crippen LogP contribution in [0.2, 0.25) is 10.0 Å². The number of aromatic nitrogens is 1. The first kappa shape index (κ1) is 25.0. The number of aliphatic hydroxyl groups is 1. The van der Waals surface area contributed by atoms with Crippen LogP contribution in [0.3, 0.4) is 0 Å². The van der Waals surface area contributed by atoms with Crippen molar-refractivity contribution in [1.82, 2.24) is 20.5 Å². The number of hydrogen-bond acceptors (Lipinski definition) is 5. The third kappa shape index (κ3) is 4.60. The van der Waals surface area contributed by atoms with Crippen molar-refractivity contribution in [1.29, 1.82) is 0 Å². The second kappa shape index (κ2) is 10.0. The van der Waals surface area contributed by atoms with Gasteiger partial charge < -0.3 is 25.6 Å². The molecule has 0 spiro atoms. The minimum absolute atomic E-state index is 0.0176. The van der Waals surface area contributed by atoms with Crippen LogP contribution in [0.25, 0.3) is 10.9 Å². The Balaban J connectivity index is 1.40. The summed E-state index contributed by atoms with van der Waals surface area (Å²) < 4.78 is 0. The van der Waals surface area contributed by atoms with Crippen LogP contribution in [-0.4, -0.2) is 70.3 Å². The number of nitrogens with one attached hydrogen (secondary N) is 3. The molecule has 4 N–H and O–H groups in total. The van der Waals surface area contributed by atoms with Crippen molar-refractivity contribution < 1.29 is 24.3 Å². The van der Waals surface area contributed by atoms with Crippen molar-refractivity contribution >= 4 is 57.6 Å². The van der Waals surface area contributed by atoms with E-state index in [1.165, 1.54) is 0 Å². The van der Waals surface area contributed by atoms with Gasteiger partial charge in [0.1, 0.15) is 18.3 Å². The summed E-state index contributed by atoms with van der Waals surface area (Å²) in [5, 5.41) is 16.5. The highest BCUT2D eigenvalue weighted by Crippen LogP contribution is 2.43. The van der Waals surface area contributed by atoms with Crippen LogP contribution in [0.1, 0.15) is 42.6 Å². The van der Waals surface area contributed by atoms with Crippen LogP contribution in [0.15, 0.2) is 18.2 Å². The van der Waals surface area contributed by atoms with Crippen LogP contribution in [-0.2, 0) is 14.4 Å². The molecule has 1 aromatic heterocycles. The molecule has 2 aliphatic heterocycles. The molecule has 1 aromatic carbocycles. The Morgan fingerprint density at radius 3 is 2.69 bits per heavy atom. The molecule has 0 radical (unpaired) electrons. The highest BCUT2D eigenvalue weighted by atomic mass is 35.5. The molecule has 5 atom stereocenters. The van der Waals surface area contributed by atoms with Crippen molar-refractivity contribution in [3.8, 4) is 0 Å². The van der Waals surface area contributed by atoms with Gasteiger partial charge in [0, 0.05) is 34.9 Å². The molecule has 2 saturated heterocycles. The zero-order valence-corrected chi connectivity index (χ0v) is 21.1. The third-order valence-corrected chi connectivity index (χ3v) is 8.38. The molecule has 2 aromatic rings. The van der Waals surface area contributed by atoms with Gasteiger partial charge in [0.05, 0.1) is 11.1 Å². The molecule has 1 aliphatic carbocycles. The lowest BCUT2D eigenvalue weighted by molar-refractivity contribution is -0.133. The predicted octanol–water partition coefficient (Wildman–Crippen LogP) is 2.29. The molecule has 3 amide bonds. The first-order valence-electron chi connectivity index (χ1n) is 12.3. The van der Waals surface area contributed by atoms with E-state index in [2.05, 4.69) is 15.6 Å². The largest absolute Gasteiger partial charge is 0.389 e. The topological polar surface area (TPSA) is 132 Å². The summed E-state index contributed by atoms with van der Waals surface area (Å²) in [6.07, 6.45) is 3.39. The number of aromatic amines is 1. The number of benzene rings is 1. The van der Waals surface area contributed by atoms with E-state index >= 15 is 0 Å². The zero-order valence-electron chi connectivity index (χ0n) is 19.6. The first-order chi connectivity index (χ1) is 17.3. The number of amides is 3. The lowest BCUT2D eigenvalue weighted by Crippen LogP contribution is -2.53. The number of carbonyl (C=O) groups excluding carboxylic acids is 4. The van der Waals surface area contributed by atoms with Crippen LogP contribution in [0, 0.1) is 17.8 Å². The number of halogens is 2. The van der Waals surface area contributed by atoms with E-state index in [9.17, 15) is 24.3 Å². The van der Waals surface area contributed by atoms with Crippen molar-refractivity contribution in [2.24, 2.45) is 17.8 Å². The van der Waals surface area contributed by atoms with E-state index in [0.717, 1.165) is 19.3 Å². The van der Waals surface area contributed by atoms with E-state index in [-0.39, 0.29) is 30.1 Å². The summed E-state index contributed by atoms with van der Waals surface area (Å²) in [6, 6.07) is 3.21. The number of Topliss-reactive ketones (excluding diaryl/α,β-unsaturated/α-hetero) is 1. The van der Waals surface area contributed by atoms with E-state index < -0.39 is 36.3 Å². The van der Waals surface area contributed by atoms with Gasteiger partial charge in [0.2, 0.25) is 11.8 Å². The van der Waals surface area contributed by atoms with E-state index in [1.54, 1.807) is 23.1 Å². The van der Waals surface area contributed by atoms with Crippen LogP contribution in [0.5, 0.6) is 0 Å². The standard InChI is InChI=1S/C25H28Cl2N4O5/c26-14-7-17(27)16-9-20(29-18(16)8-14)25(36)31-10-13-2-1-3-15(13)22(31)24(35)30-19(21(33)11-32)6-12-4-5-28-23(12)34/h7-9,12-13,15,19,22,29,32H,1-6,10-11H2,(H,28,34)(H,30,35)/t12-,13-,15-,19?,22-/m0/s1. The van der Waals surface area contributed by atoms with Gasteiger partial charge in [0.25, 0.3) is 5.91 Å². The maximum absolute atomic E-state index is 13.6. The highest BCUT2D eigenvalue weighted by molar-refractivity contribution is 6.38. The molecule has 9 nitrogen and oxygen atoms in total. The molecule has 3 aliphatic rings. The molecule has 3 fully saturated rings. The number of aliphatic hydroxyl groups excluding tert-OH is 1. The van der Waals surface area contributed by atoms with Gasteiger partial charge in [-0.15, -0.1) is 0 Å². The minimum atomic E-state index is -0.997. The lowest BCUT2D eigenvalue weighted by Gasteiger charge is -2.29.